The Kier molecular flexibility index (Phi) is 6.38. The Morgan fingerprint density at radius 2 is 1.69 bits per heavy atom. The van der Waals surface area contributed by atoms with Gasteiger partial charge < -0.3 is 14.2 Å². The predicted octanol–water partition coefficient (Wildman–Crippen LogP) is 5.49. The molecule has 0 amide bonds. The third kappa shape index (κ3) is 4.49. The minimum Gasteiger partial charge on any atom is -0.498 e. The lowest BCUT2D eigenvalue weighted by atomic mass is 9.80. The maximum absolute atomic E-state index is 14.1. The van der Waals surface area contributed by atoms with Crippen molar-refractivity contribution in [3.63, 3.8) is 0 Å². The average molecular weight is 366 g/mol. The van der Waals surface area contributed by atoms with Gasteiger partial charge in [-0.25, -0.2) is 0 Å². The average Bonchev–Trinajstić information content (AvgIpc) is 2.66. The van der Waals surface area contributed by atoms with E-state index < -0.39 is 11.6 Å². The fraction of sp³-hybridized carbons (Fsp3) is 0.619. The molecule has 1 fully saturated rings. The van der Waals surface area contributed by atoms with Crippen LogP contribution in [0.1, 0.15) is 46.0 Å². The van der Waals surface area contributed by atoms with Gasteiger partial charge in [-0.05, 0) is 69.1 Å². The Bertz CT molecular complexity index is 636. The molecule has 26 heavy (non-hydrogen) atoms. The first kappa shape index (κ1) is 19.0. The van der Waals surface area contributed by atoms with Gasteiger partial charge in [-0.2, -0.15) is 8.78 Å². The van der Waals surface area contributed by atoms with E-state index in [0.29, 0.717) is 31.0 Å². The van der Waals surface area contributed by atoms with Crippen LogP contribution < -0.4 is 9.47 Å². The molecule has 3 nitrogen and oxygen atoms in total. The minimum atomic E-state index is -0.983. The van der Waals surface area contributed by atoms with Gasteiger partial charge in [0.05, 0.1) is 25.6 Å². The van der Waals surface area contributed by atoms with Gasteiger partial charge in [-0.3, -0.25) is 0 Å². The smallest absolute Gasteiger partial charge is 0.204 e. The molecule has 1 unspecified atom stereocenters. The Labute approximate surface area is 154 Å². The normalized spacial score (nSPS) is 26.0. The zero-order valence-electron chi connectivity index (χ0n) is 15.6. The first-order valence-electron chi connectivity index (χ1n) is 9.64. The van der Waals surface area contributed by atoms with Gasteiger partial charge in [0.15, 0.2) is 11.5 Å². The zero-order chi connectivity index (χ0) is 18.5. The summed E-state index contributed by atoms with van der Waals surface area (Å²) in [5.74, 6) is 0.549. The van der Waals surface area contributed by atoms with Crippen molar-refractivity contribution in [2.75, 3.05) is 19.8 Å². The molecule has 0 bridgehead atoms. The van der Waals surface area contributed by atoms with Crippen LogP contribution in [-0.4, -0.2) is 19.8 Å². The summed E-state index contributed by atoms with van der Waals surface area (Å²) in [6.45, 7) is 5.45. The second-order valence-electron chi connectivity index (χ2n) is 7.41. The van der Waals surface area contributed by atoms with Crippen LogP contribution in [0.4, 0.5) is 8.78 Å². The lowest BCUT2D eigenvalue weighted by molar-refractivity contribution is 0.102. The second-order valence-corrected chi connectivity index (χ2v) is 7.41. The van der Waals surface area contributed by atoms with Crippen LogP contribution in [0.2, 0.25) is 0 Å². The summed E-state index contributed by atoms with van der Waals surface area (Å²) in [4.78, 5) is 0. The molecule has 0 saturated heterocycles. The SMILES string of the molecule is CCOc1ccc(OCC2CCC(C3=CCC(C)CO3)CC2)c(F)c1F. The molecule has 1 saturated carbocycles. The van der Waals surface area contributed by atoms with E-state index in [-0.39, 0.29) is 11.5 Å². The summed E-state index contributed by atoms with van der Waals surface area (Å²) in [5.41, 5.74) is 0. The fourth-order valence-electron chi connectivity index (χ4n) is 3.68. The Hall–Kier alpha value is -1.78. The first-order valence-corrected chi connectivity index (χ1v) is 9.64. The van der Waals surface area contributed by atoms with Crippen molar-refractivity contribution in [1.82, 2.24) is 0 Å². The van der Waals surface area contributed by atoms with Crippen LogP contribution in [0, 0.1) is 29.4 Å². The molecule has 1 atom stereocenters. The van der Waals surface area contributed by atoms with Crippen LogP contribution in [0.15, 0.2) is 24.0 Å². The lowest BCUT2D eigenvalue weighted by Gasteiger charge is -2.32. The minimum absolute atomic E-state index is 0.0413. The van der Waals surface area contributed by atoms with Crippen molar-refractivity contribution in [2.45, 2.75) is 46.0 Å². The molecule has 0 aromatic heterocycles. The summed E-state index contributed by atoms with van der Waals surface area (Å²) < 4.78 is 44.5. The van der Waals surface area contributed by atoms with Crippen molar-refractivity contribution in [3.8, 4) is 11.5 Å². The quantitative estimate of drug-likeness (QED) is 0.666. The van der Waals surface area contributed by atoms with Gasteiger partial charge in [-0.15, -0.1) is 0 Å². The van der Waals surface area contributed by atoms with E-state index in [2.05, 4.69) is 13.0 Å². The van der Waals surface area contributed by atoms with Gasteiger partial charge in [-0.1, -0.05) is 6.92 Å². The Morgan fingerprint density at radius 3 is 2.27 bits per heavy atom. The molecular formula is C21H28F2O3. The van der Waals surface area contributed by atoms with Crippen molar-refractivity contribution >= 4 is 0 Å². The maximum atomic E-state index is 14.1. The molecule has 1 aromatic rings. The highest BCUT2D eigenvalue weighted by Gasteiger charge is 2.27. The summed E-state index contributed by atoms with van der Waals surface area (Å²) in [7, 11) is 0. The molecule has 5 heteroatoms. The number of hydrogen-bond donors (Lipinski definition) is 0. The Balaban J connectivity index is 1.49. The molecular weight excluding hydrogens is 338 g/mol. The summed E-state index contributed by atoms with van der Waals surface area (Å²) >= 11 is 0. The monoisotopic (exact) mass is 366 g/mol. The van der Waals surface area contributed by atoms with Crippen LogP contribution in [-0.2, 0) is 4.74 Å². The third-order valence-corrected chi connectivity index (χ3v) is 5.29. The zero-order valence-corrected chi connectivity index (χ0v) is 15.6. The van der Waals surface area contributed by atoms with Gasteiger partial charge in [0, 0.05) is 5.92 Å². The molecule has 144 valence electrons. The number of hydrogen-bond acceptors (Lipinski definition) is 3. The first-order chi connectivity index (χ1) is 12.6. The standard InChI is InChI=1S/C21H28F2O3/c1-3-24-18-10-11-19(21(23)20(18)22)26-13-15-5-7-16(8-6-15)17-9-4-14(2)12-25-17/h9-11,14-16H,3-8,12-13H2,1-2H3. The third-order valence-electron chi connectivity index (χ3n) is 5.29. The molecule has 1 heterocycles. The highest BCUT2D eigenvalue weighted by molar-refractivity contribution is 5.35. The number of rotatable bonds is 6. The highest BCUT2D eigenvalue weighted by atomic mass is 19.2. The summed E-state index contributed by atoms with van der Waals surface area (Å²) in [5, 5.41) is 0. The molecule has 0 N–H and O–H groups in total. The number of ether oxygens (including phenoxy) is 3. The number of allylic oxidation sites excluding steroid dienone is 2. The van der Waals surface area contributed by atoms with Gasteiger partial charge in [0.2, 0.25) is 11.6 Å². The van der Waals surface area contributed by atoms with Gasteiger partial charge in [0.25, 0.3) is 0 Å². The molecule has 0 spiro atoms. The lowest BCUT2D eigenvalue weighted by Crippen LogP contribution is -2.24. The molecule has 1 aromatic carbocycles. The van der Waals surface area contributed by atoms with Crippen LogP contribution in [0.5, 0.6) is 11.5 Å². The fourth-order valence-corrected chi connectivity index (χ4v) is 3.68. The topological polar surface area (TPSA) is 27.7 Å². The molecule has 1 aliphatic carbocycles. The van der Waals surface area contributed by atoms with E-state index in [1.165, 1.54) is 12.1 Å². The van der Waals surface area contributed by atoms with Crippen molar-refractivity contribution in [3.05, 3.63) is 35.6 Å². The van der Waals surface area contributed by atoms with Gasteiger partial charge in [0.1, 0.15) is 0 Å². The van der Waals surface area contributed by atoms with E-state index in [4.69, 9.17) is 14.2 Å². The second kappa shape index (κ2) is 8.74. The molecule has 1 aliphatic heterocycles. The number of benzene rings is 1. The van der Waals surface area contributed by atoms with Crippen molar-refractivity contribution < 1.29 is 23.0 Å². The van der Waals surface area contributed by atoms with Crippen LogP contribution in [0.25, 0.3) is 0 Å². The van der Waals surface area contributed by atoms with Crippen LogP contribution in [0.3, 0.4) is 0 Å². The van der Waals surface area contributed by atoms with Gasteiger partial charge >= 0.3 is 0 Å². The van der Waals surface area contributed by atoms with Crippen LogP contribution >= 0.6 is 0 Å². The van der Waals surface area contributed by atoms with E-state index in [1.54, 1.807) is 6.92 Å². The van der Waals surface area contributed by atoms with E-state index in [1.807, 2.05) is 0 Å². The summed E-state index contributed by atoms with van der Waals surface area (Å²) in [6.07, 6.45) is 7.50. The molecule has 2 aliphatic rings. The summed E-state index contributed by atoms with van der Waals surface area (Å²) in [6, 6.07) is 2.86. The van der Waals surface area contributed by atoms with E-state index >= 15 is 0 Å². The Morgan fingerprint density at radius 1 is 1.04 bits per heavy atom. The van der Waals surface area contributed by atoms with Crippen molar-refractivity contribution in [2.24, 2.45) is 17.8 Å². The highest BCUT2D eigenvalue weighted by Crippen LogP contribution is 2.36. The van der Waals surface area contributed by atoms with E-state index in [9.17, 15) is 8.78 Å². The predicted molar refractivity (Wildman–Crippen MR) is 96.3 cm³/mol. The van der Waals surface area contributed by atoms with Crippen molar-refractivity contribution in [1.29, 1.82) is 0 Å². The molecule has 3 rings (SSSR count). The number of halogens is 2. The largest absolute Gasteiger partial charge is 0.498 e. The van der Waals surface area contributed by atoms with E-state index in [0.717, 1.165) is 44.5 Å². The molecule has 0 radical (unpaired) electrons. The maximum Gasteiger partial charge on any atom is 0.204 e.